The zero-order chi connectivity index (χ0) is 61.9. The van der Waals surface area contributed by atoms with Gasteiger partial charge in [-0.3, -0.25) is 18.7 Å². The predicted molar refractivity (Wildman–Crippen MR) is 319 cm³/mol. The number of azo groups is 2. The molecule has 20 nitrogen and oxygen atoms in total. The predicted octanol–water partition coefficient (Wildman–Crippen LogP) is 14.8. The number of nitrogens with zero attached hydrogens (tertiary/aromatic N) is 8. The fourth-order valence-corrected chi connectivity index (χ4v) is 9.45. The lowest BCUT2D eigenvalue weighted by Crippen LogP contribution is -2.30. The number of unbranched alkanes of at least 4 members (excludes halogenated alkanes) is 4. The van der Waals surface area contributed by atoms with Gasteiger partial charge >= 0.3 is 23.9 Å². The van der Waals surface area contributed by atoms with Crippen LogP contribution in [-0.2, 0) is 32.0 Å². The minimum absolute atomic E-state index is 0.0146. The fraction of sp³-hybridized carbons (Fsp3) is 0.562. The Hall–Kier alpha value is -8.00. The third-order valence-electron chi connectivity index (χ3n) is 15.4. The third-order valence-corrected chi connectivity index (χ3v) is 15.4. The molecule has 0 saturated heterocycles. The minimum atomic E-state index is -0.986. The number of carbonyl (C=O) groups is 4. The van der Waals surface area contributed by atoms with Crippen LogP contribution in [0.4, 0.5) is 22.7 Å². The van der Waals surface area contributed by atoms with Gasteiger partial charge in [-0.05, 0) is 99.6 Å². The summed E-state index contributed by atoms with van der Waals surface area (Å²) in [7, 11) is 0. The summed E-state index contributed by atoms with van der Waals surface area (Å²) in [5.41, 5.74) is -3.83. The van der Waals surface area contributed by atoms with Crippen molar-refractivity contribution in [3.63, 3.8) is 0 Å². The second-order valence-corrected chi connectivity index (χ2v) is 21.5. The zero-order valence-corrected chi connectivity index (χ0v) is 50.9. The summed E-state index contributed by atoms with van der Waals surface area (Å²) in [4.78, 5) is 82.2. The van der Waals surface area contributed by atoms with Crippen molar-refractivity contribution in [2.75, 3.05) is 26.4 Å². The van der Waals surface area contributed by atoms with Crippen LogP contribution in [-0.4, -0.2) is 69.7 Å². The van der Waals surface area contributed by atoms with Crippen LogP contribution in [0, 0.1) is 60.2 Å². The van der Waals surface area contributed by atoms with Crippen molar-refractivity contribution >= 4 is 46.6 Å². The van der Waals surface area contributed by atoms with E-state index in [-0.39, 0.29) is 106 Å². The summed E-state index contributed by atoms with van der Waals surface area (Å²) < 4.78 is 24.4. The molecule has 2 N–H and O–H groups in total. The highest BCUT2D eigenvalue weighted by Gasteiger charge is 2.25. The zero-order valence-electron chi connectivity index (χ0n) is 50.9. The maximum atomic E-state index is 13.9. The van der Waals surface area contributed by atoms with E-state index in [4.69, 9.17) is 18.9 Å². The smallest absolute Gasteiger partial charge is 0.338 e. The molecule has 2 heterocycles. The molecule has 4 rings (SSSR count). The van der Waals surface area contributed by atoms with Crippen LogP contribution in [0.3, 0.4) is 0 Å². The van der Waals surface area contributed by atoms with Gasteiger partial charge in [0.15, 0.2) is 11.4 Å². The number of aromatic nitrogens is 2. The Labute approximate surface area is 493 Å². The highest BCUT2D eigenvalue weighted by atomic mass is 16.5. The molecule has 0 spiro atoms. The van der Waals surface area contributed by atoms with Gasteiger partial charge in [-0.25, -0.2) is 19.2 Å². The van der Waals surface area contributed by atoms with E-state index in [1.54, 1.807) is 0 Å². The lowest BCUT2D eigenvalue weighted by molar-refractivity contribution is 0.0409. The van der Waals surface area contributed by atoms with Gasteiger partial charge in [-0.1, -0.05) is 132 Å². The van der Waals surface area contributed by atoms with E-state index in [1.165, 1.54) is 50.2 Å². The van der Waals surface area contributed by atoms with Crippen molar-refractivity contribution in [3.8, 4) is 23.9 Å². The topological polar surface area (TPSA) is 287 Å². The van der Waals surface area contributed by atoms with Crippen LogP contribution >= 0.6 is 0 Å². The first-order valence-electron chi connectivity index (χ1n) is 29.9. The molecule has 2 aromatic heterocycles. The molecule has 0 bridgehead atoms. The average Bonchev–Trinajstić information content (AvgIpc) is 3.08. The molecule has 0 radical (unpaired) electrons. The molecule has 0 fully saturated rings. The summed E-state index contributed by atoms with van der Waals surface area (Å²) in [6, 6.07) is 11.8. The average molecular weight is 1160 g/mol. The van der Waals surface area contributed by atoms with Crippen molar-refractivity contribution < 1.29 is 48.3 Å². The van der Waals surface area contributed by atoms with Gasteiger partial charge in [0.2, 0.25) is 11.8 Å². The van der Waals surface area contributed by atoms with Crippen LogP contribution in [0.25, 0.3) is 0 Å². The van der Waals surface area contributed by atoms with Crippen molar-refractivity contribution in [1.82, 2.24) is 9.13 Å². The van der Waals surface area contributed by atoms with Crippen LogP contribution < -0.4 is 11.1 Å². The third kappa shape index (κ3) is 19.3. The van der Waals surface area contributed by atoms with E-state index in [0.29, 0.717) is 0 Å². The normalized spacial score (nSPS) is 12.8. The number of aromatic hydroxyl groups is 2. The number of ether oxygens (including phenoxy) is 4. The van der Waals surface area contributed by atoms with E-state index >= 15 is 0 Å². The standard InChI is InChI=1S/C64H86N8O12/c1-11-19-23-43(15-5)37-81-61(77)47-29-48(62(78)82-38-44(16-6)24-20-12-2)32-51(31-47)67-69-55-41(9)53(35-65)57(73)71(59(55)75)27-28-72-58(74)54(36-66)42(10)56(60(72)76)70-68-52-33-49(63(79)83-39-45(17-7)25-21-13-3)30-50(34-52)64(80)84-40-46(18-8)26-22-14-4/h29-34,43-46,75-76H,11-28,37-40H2,1-10H3/b69-67+,70-68+. The van der Waals surface area contributed by atoms with E-state index < -0.39 is 71.0 Å². The Morgan fingerprint density at radius 2 is 0.726 bits per heavy atom. The van der Waals surface area contributed by atoms with E-state index in [0.717, 1.165) is 112 Å². The van der Waals surface area contributed by atoms with Gasteiger partial charge in [-0.2, -0.15) is 20.8 Å². The van der Waals surface area contributed by atoms with Crippen molar-refractivity contribution in [2.45, 2.75) is 185 Å². The van der Waals surface area contributed by atoms with Crippen molar-refractivity contribution in [3.05, 3.63) is 102 Å². The molecule has 20 heteroatoms. The van der Waals surface area contributed by atoms with Gasteiger partial charge in [0.05, 0.1) is 60.1 Å². The summed E-state index contributed by atoms with van der Waals surface area (Å²) in [6.45, 7) is 18.6. The van der Waals surface area contributed by atoms with Crippen LogP contribution in [0.5, 0.6) is 11.8 Å². The van der Waals surface area contributed by atoms with Crippen LogP contribution in [0.1, 0.15) is 222 Å². The van der Waals surface area contributed by atoms with Gasteiger partial charge < -0.3 is 29.2 Å². The Morgan fingerprint density at radius 3 is 0.952 bits per heavy atom. The Balaban J connectivity index is 1.78. The molecule has 4 atom stereocenters. The first kappa shape index (κ1) is 68.5. The number of carbonyl (C=O) groups excluding carboxylic acids is 4. The molecule has 454 valence electrons. The van der Waals surface area contributed by atoms with E-state index in [2.05, 4.69) is 48.2 Å². The highest BCUT2D eigenvalue weighted by Crippen LogP contribution is 2.36. The molecule has 0 saturated carbocycles. The monoisotopic (exact) mass is 1160 g/mol. The summed E-state index contributed by atoms with van der Waals surface area (Å²) in [5.74, 6) is -3.93. The maximum absolute atomic E-state index is 13.9. The molecule has 2 aromatic carbocycles. The molecule has 0 amide bonds. The SMILES string of the molecule is CCCCC(CC)COC(=O)c1cc(/N=N/c2c(C)c(C#N)c(=O)n(CCn3c(O)c(/N=N/c4cc(C(=O)OCC(CC)CCCC)cc(C(=O)OCC(CC)CCCC)c4)c(C)c(C#N)c3=O)c2O)cc(C(=O)OCC(CC)CCCC)c1. The molecule has 84 heavy (non-hydrogen) atoms. The Bertz CT molecular complexity index is 2860. The first-order chi connectivity index (χ1) is 40.4. The van der Waals surface area contributed by atoms with Crippen molar-refractivity contribution in [2.24, 2.45) is 44.1 Å². The fourth-order valence-electron chi connectivity index (χ4n) is 9.45. The van der Waals surface area contributed by atoms with Gasteiger partial charge in [0.1, 0.15) is 23.3 Å². The number of nitriles is 2. The second-order valence-electron chi connectivity index (χ2n) is 21.5. The molecule has 0 aliphatic rings. The summed E-state index contributed by atoms with van der Waals surface area (Å²) >= 11 is 0. The quantitative estimate of drug-likeness (QED) is 0.0246. The van der Waals surface area contributed by atoms with Crippen molar-refractivity contribution in [1.29, 1.82) is 10.5 Å². The number of hydrogen-bond acceptors (Lipinski definition) is 18. The number of rotatable bonds is 35. The number of pyridine rings is 2. The van der Waals surface area contributed by atoms with Crippen LogP contribution in [0.2, 0.25) is 0 Å². The molecule has 0 aliphatic carbocycles. The van der Waals surface area contributed by atoms with Gasteiger partial charge in [0, 0.05) is 24.2 Å². The van der Waals surface area contributed by atoms with Crippen LogP contribution in [0.15, 0.2) is 66.4 Å². The van der Waals surface area contributed by atoms with E-state index in [1.807, 2.05) is 39.8 Å². The molecular formula is C64H86N8O12. The molecule has 4 aromatic rings. The number of hydrogen-bond donors (Lipinski definition) is 2. The maximum Gasteiger partial charge on any atom is 0.338 e. The highest BCUT2D eigenvalue weighted by molar-refractivity contribution is 5.97. The van der Waals surface area contributed by atoms with Gasteiger partial charge in [0.25, 0.3) is 11.1 Å². The lowest BCUT2D eigenvalue weighted by Gasteiger charge is -2.17. The summed E-state index contributed by atoms with van der Waals surface area (Å²) in [6.07, 6.45) is 14.4. The number of esters is 4. The largest absolute Gasteiger partial charge is 0.493 e. The Kier molecular flexibility index (Phi) is 28.7. The minimum Gasteiger partial charge on any atom is -0.493 e. The molecule has 0 aliphatic heterocycles. The second kappa shape index (κ2) is 35.2. The Morgan fingerprint density at radius 1 is 0.464 bits per heavy atom. The molecule has 4 unspecified atom stereocenters. The summed E-state index contributed by atoms with van der Waals surface area (Å²) in [5, 5.41) is 61.0. The molecular weight excluding hydrogens is 1070 g/mol. The lowest BCUT2D eigenvalue weighted by atomic mass is 10.0. The number of benzene rings is 2. The van der Waals surface area contributed by atoms with E-state index in [9.17, 15) is 49.5 Å². The first-order valence-corrected chi connectivity index (χ1v) is 29.9. The van der Waals surface area contributed by atoms with Gasteiger partial charge in [-0.15, -0.1) is 10.2 Å².